The van der Waals surface area contributed by atoms with Gasteiger partial charge in [-0.15, -0.1) is 0 Å². The average Bonchev–Trinajstić information content (AvgIpc) is 2.53. The van der Waals surface area contributed by atoms with E-state index in [-0.39, 0.29) is 29.4 Å². The number of hydrogen-bond donors (Lipinski definition) is 4. The Morgan fingerprint density at radius 3 is 2.43 bits per heavy atom. The number of phenols is 3. The summed E-state index contributed by atoms with van der Waals surface area (Å²) in [6.07, 6.45) is 0. The highest BCUT2D eigenvalue weighted by atomic mass is 16.3. The van der Waals surface area contributed by atoms with E-state index in [9.17, 15) is 20.1 Å². The van der Waals surface area contributed by atoms with Gasteiger partial charge in [0.05, 0.1) is 5.56 Å². The van der Waals surface area contributed by atoms with Crippen LogP contribution in [0.15, 0.2) is 54.6 Å². The minimum absolute atomic E-state index is 0.0913. The van der Waals surface area contributed by atoms with Gasteiger partial charge in [-0.1, -0.05) is 24.3 Å². The summed E-state index contributed by atoms with van der Waals surface area (Å²) in [6, 6.07) is 14.4. The molecule has 0 aliphatic rings. The molecule has 116 valence electrons. The Labute approximate surface area is 132 Å². The third-order valence-corrected chi connectivity index (χ3v) is 3.61. The number of phenolic OH excluding ortho intramolecular Hbond substituents is 3. The average molecular weight is 309 g/mol. The van der Waals surface area contributed by atoms with Crippen molar-refractivity contribution in [1.29, 1.82) is 0 Å². The molecule has 0 heterocycles. The van der Waals surface area contributed by atoms with Crippen molar-refractivity contribution in [3.63, 3.8) is 0 Å². The van der Waals surface area contributed by atoms with Gasteiger partial charge in [-0.2, -0.15) is 0 Å². The van der Waals surface area contributed by atoms with E-state index >= 15 is 0 Å². The molecular formula is C18H15NO4. The van der Waals surface area contributed by atoms with Crippen LogP contribution < -0.4 is 5.32 Å². The first-order chi connectivity index (χ1) is 11.0. The van der Waals surface area contributed by atoms with Crippen molar-refractivity contribution in [3.05, 3.63) is 65.7 Å². The molecule has 0 atom stereocenters. The molecule has 1 amide bonds. The zero-order valence-electron chi connectivity index (χ0n) is 12.2. The van der Waals surface area contributed by atoms with Crippen LogP contribution in [0.1, 0.15) is 15.9 Å². The molecule has 4 N–H and O–H groups in total. The number of para-hydroxylation sites is 1. The number of benzene rings is 3. The molecule has 0 saturated heterocycles. The third kappa shape index (κ3) is 3.03. The van der Waals surface area contributed by atoms with Crippen molar-refractivity contribution >= 4 is 16.7 Å². The fourth-order valence-electron chi connectivity index (χ4n) is 2.39. The van der Waals surface area contributed by atoms with E-state index in [1.54, 1.807) is 36.4 Å². The van der Waals surface area contributed by atoms with Gasteiger partial charge in [-0.3, -0.25) is 4.79 Å². The fraction of sp³-hybridized carbons (Fsp3) is 0.0556. The van der Waals surface area contributed by atoms with Gasteiger partial charge in [-0.05, 0) is 41.1 Å². The lowest BCUT2D eigenvalue weighted by atomic mass is 10.0. The molecule has 0 radical (unpaired) electrons. The first kappa shape index (κ1) is 14.7. The van der Waals surface area contributed by atoms with Gasteiger partial charge in [-0.25, -0.2) is 0 Å². The minimum Gasteiger partial charge on any atom is -0.508 e. The summed E-state index contributed by atoms with van der Waals surface area (Å²) in [5, 5.41) is 33.2. The standard InChI is InChI=1S/C18H15NO4/c20-14-6-5-11-8-15(17(22)9-13(11)7-14)18(23)19-10-12-3-1-2-4-16(12)21/h1-9,20-22H,10H2,(H,19,23). The Morgan fingerprint density at radius 2 is 1.65 bits per heavy atom. The number of carbonyl (C=O) groups is 1. The molecule has 0 unspecified atom stereocenters. The monoisotopic (exact) mass is 309 g/mol. The Kier molecular flexibility index (Phi) is 3.76. The normalized spacial score (nSPS) is 10.6. The van der Waals surface area contributed by atoms with Crippen LogP contribution in [0.25, 0.3) is 10.8 Å². The summed E-state index contributed by atoms with van der Waals surface area (Å²) in [6.45, 7) is 0.151. The zero-order chi connectivity index (χ0) is 16.4. The lowest BCUT2D eigenvalue weighted by molar-refractivity contribution is 0.0948. The second kappa shape index (κ2) is 5.88. The van der Waals surface area contributed by atoms with Crippen LogP contribution in [0.5, 0.6) is 17.2 Å². The Bertz CT molecular complexity index is 889. The molecule has 0 aliphatic heterocycles. The van der Waals surface area contributed by atoms with Crippen molar-refractivity contribution in [2.45, 2.75) is 6.54 Å². The van der Waals surface area contributed by atoms with Crippen molar-refractivity contribution in [2.75, 3.05) is 0 Å². The van der Waals surface area contributed by atoms with E-state index in [0.717, 1.165) is 5.39 Å². The fourth-order valence-corrected chi connectivity index (χ4v) is 2.39. The van der Waals surface area contributed by atoms with Crippen LogP contribution >= 0.6 is 0 Å². The van der Waals surface area contributed by atoms with Gasteiger partial charge in [0.25, 0.3) is 5.91 Å². The number of carbonyl (C=O) groups excluding carboxylic acids is 1. The molecule has 0 spiro atoms. The second-order valence-corrected chi connectivity index (χ2v) is 5.21. The molecule has 0 saturated carbocycles. The van der Waals surface area contributed by atoms with Gasteiger partial charge < -0.3 is 20.6 Å². The highest BCUT2D eigenvalue weighted by Crippen LogP contribution is 2.27. The van der Waals surface area contributed by atoms with Crippen molar-refractivity contribution in [3.8, 4) is 17.2 Å². The van der Waals surface area contributed by atoms with Crippen LogP contribution in [-0.2, 0) is 6.54 Å². The Hall–Kier alpha value is -3.21. The summed E-state index contributed by atoms with van der Waals surface area (Å²) < 4.78 is 0. The Balaban J connectivity index is 1.84. The van der Waals surface area contributed by atoms with Crippen molar-refractivity contribution in [2.24, 2.45) is 0 Å². The lowest BCUT2D eigenvalue weighted by Crippen LogP contribution is -2.22. The van der Waals surface area contributed by atoms with E-state index in [1.165, 1.54) is 18.2 Å². The summed E-state index contributed by atoms with van der Waals surface area (Å²) in [5.41, 5.74) is 0.727. The maximum Gasteiger partial charge on any atom is 0.255 e. The summed E-state index contributed by atoms with van der Waals surface area (Å²) in [5.74, 6) is -0.418. The molecular weight excluding hydrogens is 294 g/mol. The summed E-state index contributed by atoms with van der Waals surface area (Å²) in [7, 11) is 0. The van der Waals surface area contributed by atoms with Crippen molar-refractivity contribution < 1.29 is 20.1 Å². The smallest absolute Gasteiger partial charge is 0.255 e. The van der Waals surface area contributed by atoms with Gasteiger partial charge in [0.15, 0.2) is 0 Å². The lowest BCUT2D eigenvalue weighted by Gasteiger charge is -2.09. The predicted molar refractivity (Wildman–Crippen MR) is 86.6 cm³/mol. The minimum atomic E-state index is -0.444. The number of fused-ring (bicyclic) bond motifs is 1. The molecule has 0 bridgehead atoms. The highest BCUT2D eigenvalue weighted by molar-refractivity contribution is 6.01. The van der Waals surface area contributed by atoms with E-state index in [4.69, 9.17) is 0 Å². The number of rotatable bonds is 3. The van der Waals surface area contributed by atoms with Crippen LogP contribution in [0, 0.1) is 0 Å². The van der Waals surface area contributed by atoms with Crippen molar-refractivity contribution in [1.82, 2.24) is 5.32 Å². The van der Waals surface area contributed by atoms with Crippen LogP contribution in [-0.4, -0.2) is 21.2 Å². The first-order valence-electron chi connectivity index (χ1n) is 7.05. The predicted octanol–water partition coefficient (Wildman–Crippen LogP) is 2.89. The topological polar surface area (TPSA) is 89.8 Å². The highest BCUT2D eigenvalue weighted by Gasteiger charge is 2.13. The molecule has 3 aromatic rings. The van der Waals surface area contributed by atoms with E-state index < -0.39 is 5.91 Å². The maximum atomic E-state index is 12.3. The Morgan fingerprint density at radius 1 is 0.870 bits per heavy atom. The summed E-state index contributed by atoms with van der Waals surface area (Å²) in [4.78, 5) is 12.3. The number of nitrogens with one attached hydrogen (secondary N) is 1. The van der Waals surface area contributed by atoms with Gasteiger partial charge in [0.2, 0.25) is 0 Å². The first-order valence-corrected chi connectivity index (χ1v) is 7.05. The SMILES string of the molecule is O=C(NCc1ccccc1O)c1cc2ccc(O)cc2cc1O. The molecule has 3 aromatic carbocycles. The maximum absolute atomic E-state index is 12.3. The largest absolute Gasteiger partial charge is 0.508 e. The zero-order valence-corrected chi connectivity index (χ0v) is 12.2. The van der Waals surface area contributed by atoms with Gasteiger partial charge >= 0.3 is 0 Å². The van der Waals surface area contributed by atoms with Gasteiger partial charge in [0.1, 0.15) is 17.2 Å². The molecule has 0 aromatic heterocycles. The van der Waals surface area contributed by atoms with Gasteiger partial charge in [0, 0.05) is 12.1 Å². The number of aromatic hydroxyl groups is 3. The number of amides is 1. The quantitative estimate of drug-likeness (QED) is 0.599. The van der Waals surface area contributed by atoms with Crippen LogP contribution in [0.4, 0.5) is 0 Å². The molecule has 0 aliphatic carbocycles. The molecule has 0 fully saturated rings. The molecule has 5 heteroatoms. The molecule has 3 rings (SSSR count). The third-order valence-electron chi connectivity index (χ3n) is 3.61. The van der Waals surface area contributed by atoms with E-state index in [0.29, 0.717) is 10.9 Å². The molecule has 5 nitrogen and oxygen atoms in total. The molecule has 23 heavy (non-hydrogen) atoms. The van der Waals surface area contributed by atoms with Crippen LogP contribution in [0.3, 0.4) is 0 Å². The van der Waals surface area contributed by atoms with E-state index in [1.807, 2.05) is 0 Å². The van der Waals surface area contributed by atoms with E-state index in [2.05, 4.69) is 5.32 Å². The van der Waals surface area contributed by atoms with Crippen LogP contribution in [0.2, 0.25) is 0 Å². The second-order valence-electron chi connectivity index (χ2n) is 5.21. The summed E-state index contributed by atoms with van der Waals surface area (Å²) >= 11 is 0. The number of hydrogen-bond acceptors (Lipinski definition) is 4.